The van der Waals surface area contributed by atoms with E-state index in [1.54, 1.807) is 0 Å². The first-order chi connectivity index (χ1) is 69.5. The summed E-state index contributed by atoms with van der Waals surface area (Å²) in [6, 6.07) is 222. The third kappa shape index (κ3) is 13.0. The smallest absolute Gasteiger partial charge is 0.0683 e. The Hall–Kier alpha value is -16.0. The lowest BCUT2D eigenvalue weighted by Crippen LogP contribution is -2.87. The van der Waals surface area contributed by atoms with Gasteiger partial charge in [-0.25, -0.2) is 0 Å². The number of hydrogen-bond donors (Lipinski definition) is 0. The Morgan fingerprint density at radius 3 is 0.571 bits per heavy atom. The van der Waals surface area contributed by atoms with Crippen molar-refractivity contribution in [3.63, 3.8) is 0 Å². The van der Waals surface area contributed by atoms with Crippen LogP contribution >= 0.6 is 0 Å². The Morgan fingerprint density at radius 2 is 0.293 bits per heavy atom. The molecule has 0 fully saturated rings. The molecule has 4 aliphatic heterocycles. The molecule has 0 amide bonds. The van der Waals surface area contributed by atoms with Crippen LogP contribution in [-0.2, 0) is 0 Å². The highest BCUT2D eigenvalue weighted by molar-refractivity contribution is 7.29. The minimum atomic E-state index is -3.30. The van der Waals surface area contributed by atoms with Crippen LogP contribution < -0.4 is 149 Å². The summed E-state index contributed by atoms with van der Waals surface area (Å²) in [6.45, 7) is -0.506. The molecular weight excluding hydrogens is 1740 g/mol. The molecule has 0 aromatic heterocycles. The van der Waals surface area contributed by atoms with Gasteiger partial charge < -0.3 is 0 Å². The molecule has 0 N–H and O–H groups in total. The Labute approximate surface area is 826 Å². The molecule has 0 nitrogen and oxygen atoms in total. The van der Waals surface area contributed by atoms with Crippen molar-refractivity contribution in [3.8, 4) is 55.6 Å². The van der Waals surface area contributed by atoms with Crippen molar-refractivity contribution >= 4 is 208 Å². The standard InChI is InChI=1S/C132H94B4Si4/c1-9-48-96(49-10-1)107-68-46-70-111(131(107)135-119-78-33-41-86-127(119)138(101-57-17-5-18-58-101,102-59-19-6-20-60-102)128-87-42-34-79-120(128)135)112-71-47-69-108(97-50-11-2-12-51-97)132(112)136-121-80-35-43-88-129(121)139(103-61-21-7-22-62-103,130-89-44-36-81-122(130)136)105-92-90-95(91-93-105)98-52-45-65-106(94-98)140(104-63-23-8-24-64-104)125-84-39-31-76-117(125)134(118-77-32-40-85-126(118)140)114-73-28-26-67-110(114)109-66-25-27-72-113(109)133-115-74-29-37-82-123(115)137(99-53-13-3-14-54-99,100-55-15-4-16-56-100)124-83-38-30-75-116(124)133/h1-94H. The van der Waals surface area contributed by atoms with Gasteiger partial charge in [-0.3, -0.25) is 0 Å². The minimum absolute atomic E-state index is 0.0416. The molecule has 22 aromatic carbocycles. The van der Waals surface area contributed by atoms with Gasteiger partial charge in [0.2, 0.25) is 26.9 Å². The van der Waals surface area contributed by atoms with E-state index in [4.69, 9.17) is 0 Å². The van der Waals surface area contributed by atoms with Gasteiger partial charge in [0.25, 0.3) is 0 Å². The predicted molar refractivity (Wildman–Crippen MR) is 612 cm³/mol. The molecule has 8 heteroatoms. The molecule has 0 spiro atoms. The fourth-order valence-electron chi connectivity index (χ4n) is 26.3. The highest BCUT2D eigenvalue weighted by atomic mass is 28.3. The maximum absolute atomic E-state index is 3.30. The topological polar surface area (TPSA) is 0 Å². The number of hydrogen-bond acceptors (Lipinski definition) is 0. The molecule has 0 unspecified atom stereocenters. The van der Waals surface area contributed by atoms with E-state index in [2.05, 4.69) is 570 Å². The Morgan fingerprint density at radius 1 is 0.107 bits per heavy atom. The number of rotatable bonds is 17. The average molecular weight is 1840 g/mol. The van der Waals surface area contributed by atoms with Crippen molar-refractivity contribution in [1.82, 2.24) is 0 Å². The summed E-state index contributed by atoms with van der Waals surface area (Å²) in [5.74, 6) is 0. The van der Waals surface area contributed by atoms with Gasteiger partial charge in [0.05, 0.1) is 0 Å². The van der Waals surface area contributed by atoms with Crippen LogP contribution in [0.4, 0.5) is 0 Å². The first-order valence-corrected chi connectivity index (χ1v) is 57.4. The molecule has 4 aliphatic rings. The van der Waals surface area contributed by atoms with Crippen LogP contribution in [0.1, 0.15) is 0 Å². The van der Waals surface area contributed by atoms with Gasteiger partial charge in [0, 0.05) is 0 Å². The lowest BCUT2D eigenvalue weighted by molar-refractivity contribution is 1.60. The van der Waals surface area contributed by atoms with Crippen molar-refractivity contribution in [2.75, 3.05) is 0 Å². The SMILES string of the molecule is c1ccc(-c2cccc(-c3cccc(-c4ccccc4)c3B3c4ccccc4[Si](c4ccccc4)(c4ccc(-c5cccc([Si]6(c7ccccc7)c7ccccc7B(c7ccccc7-c7ccccc7B7c8ccccc8[Si](c8ccccc8)(c8ccccc8)c8ccccc87)c7ccccc76)c5)cc4)c4ccccc43)c2B2c3ccccc3[Si](c3ccccc3)(c3ccccc3)c3ccccc32)cc1. The van der Waals surface area contributed by atoms with Crippen LogP contribution in [0.3, 0.4) is 0 Å². The second-order valence-corrected chi connectivity index (χ2v) is 53.2. The normalized spacial score (nSPS) is 14.0. The van der Waals surface area contributed by atoms with E-state index in [9.17, 15) is 0 Å². The summed E-state index contributed by atoms with van der Waals surface area (Å²) >= 11 is 0. The van der Waals surface area contributed by atoms with Crippen molar-refractivity contribution < 1.29 is 0 Å². The zero-order valence-corrected chi connectivity index (χ0v) is 81.6. The molecule has 0 atom stereocenters. The van der Waals surface area contributed by atoms with Gasteiger partial charge in [0.1, 0.15) is 0 Å². The van der Waals surface area contributed by atoms with Crippen LogP contribution in [0.2, 0.25) is 0 Å². The summed E-state index contributed by atoms with van der Waals surface area (Å²) < 4.78 is 0. The van der Waals surface area contributed by atoms with Crippen molar-refractivity contribution in [1.29, 1.82) is 0 Å². The fourth-order valence-corrected chi connectivity index (χ4v) is 47.4. The van der Waals surface area contributed by atoms with Gasteiger partial charge in [-0.1, -0.05) is 636 Å². The minimum Gasteiger partial charge on any atom is -0.0683 e. The van der Waals surface area contributed by atoms with Gasteiger partial charge in [-0.05, 0) is 139 Å². The van der Waals surface area contributed by atoms with E-state index in [0.717, 1.165) is 0 Å². The summed E-state index contributed by atoms with van der Waals surface area (Å²) in [7, 11) is -12.4. The lowest BCUT2D eigenvalue weighted by Gasteiger charge is -2.44. The number of benzene rings is 22. The summed E-state index contributed by atoms with van der Waals surface area (Å²) in [5.41, 5.74) is 28.3. The first kappa shape index (κ1) is 84.5. The van der Waals surface area contributed by atoms with Crippen molar-refractivity contribution in [3.05, 3.63) is 570 Å². The average Bonchev–Trinajstić information content (AvgIpc) is 0.697. The van der Waals surface area contributed by atoms with Crippen molar-refractivity contribution in [2.45, 2.75) is 0 Å². The zero-order valence-electron chi connectivity index (χ0n) is 77.6. The van der Waals surface area contributed by atoms with E-state index in [1.807, 2.05) is 0 Å². The monoisotopic (exact) mass is 1830 g/mol. The summed E-state index contributed by atoms with van der Waals surface area (Å²) in [6.07, 6.45) is 0. The molecule has 4 heterocycles. The molecular formula is C132H94B4Si4. The summed E-state index contributed by atoms with van der Waals surface area (Å²) in [4.78, 5) is 0. The third-order valence-electron chi connectivity index (χ3n) is 31.7. The third-order valence-corrected chi connectivity index (χ3v) is 51.4. The lowest BCUT2D eigenvalue weighted by atomic mass is 9.33. The molecule has 26 rings (SSSR count). The molecule has 650 valence electrons. The highest BCUT2D eigenvalue weighted by Gasteiger charge is 2.56. The molecule has 140 heavy (non-hydrogen) atoms. The quantitative estimate of drug-likeness (QED) is 0.0797. The van der Waals surface area contributed by atoms with Crippen LogP contribution in [0.15, 0.2) is 570 Å². The molecule has 0 saturated heterocycles. The fraction of sp³-hybridized carbons (Fsp3) is 0. The molecule has 0 aliphatic carbocycles. The van der Waals surface area contributed by atoms with Crippen LogP contribution in [0.5, 0.6) is 0 Å². The second kappa shape index (κ2) is 35.2. The largest absolute Gasteiger partial charge is 0.242 e. The van der Waals surface area contributed by atoms with Gasteiger partial charge in [-0.15, -0.1) is 0 Å². The first-order valence-electron chi connectivity index (χ1n) is 49.4. The maximum Gasteiger partial charge on any atom is 0.242 e. The highest BCUT2D eigenvalue weighted by Crippen LogP contribution is 2.33. The summed E-state index contributed by atoms with van der Waals surface area (Å²) in [5, 5.41) is 22.4. The number of fused-ring (bicyclic) bond motifs is 8. The predicted octanol–water partition coefficient (Wildman–Crippen LogP) is 10.8. The van der Waals surface area contributed by atoms with E-state index in [1.165, 1.54) is 204 Å². The van der Waals surface area contributed by atoms with Crippen LogP contribution in [-0.4, -0.2) is 59.1 Å². The molecule has 22 aromatic rings. The Kier molecular flexibility index (Phi) is 21.2. The Balaban J connectivity index is 0.620. The van der Waals surface area contributed by atoms with Gasteiger partial charge >= 0.3 is 0 Å². The second-order valence-electron chi connectivity index (χ2n) is 38.2. The van der Waals surface area contributed by atoms with Crippen molar-refractivity contribution in [2.24, 2.45) is 0 Å². The molecule has 0 radical (unpaired) electrons. The van der Waals surface area contributed by atoms with E-state index in [0.29, 0.717) is 0 Å². The molecule has 0 saturated carbocycles. The van der Waals surface area contributed by atoms with Crippen LogP contribution in [0, 0.1) is 0 Å². The zero-order chi connectivity index (χ0) is 92.7. The Bertz CT molecular complexity index is 8190. The maximum atomic E-state index is 2.60. The van der Waals surface area contributed by atoms with Gasteiger partial charge in [-0.2, -0.15) is 0 Å². The van der Waals surface area contributed by atoms with Gasteiger partial charge in [0.15, 0.2) is 32.3 Å². The molecule has 0 bridgehead atoms. The van der Waals surface area contributed by atoms with E-state index >= 15 is 0 Å². The van der Waals surface area contributed by atoms with Crippen LogP contribution in [0.25, 0.3) is 55.6 Å². The van der Waals surface area contributed by atoms with E-state index < -0.39 is 32.3 Å². The van der Waals surface area contributed by atoms with E-state index in [-0.39, 0.29) is 26.9 Å².